The predicted molar refractivity (Wildman–Crippen MR) is 138 cm³/mol. The molecule has 0 spiro atoms. The highest BCUT2D eigenvalue weighted by molar-refractivity contribution is 7.17. The normalized spacial score (nSPS) is 23.1. The minimum Gasteiger partial charge on any atom is -0.352 e. The fourth-order valence-corrected chi connectivity index (χ4v) is 6.60. The number of carbonyl (C=O) groups is 2. The van der Waals surface area contributed by atoms with Gasteiger partial charge in [0.25, 0.3) is 12.3 Å². The van der Waals surface area contributed by atoms with E-state index in [1.807, 2.05) is 0 Å². The van der Waals surface area contributed by atoms with Crippen LogP contribution in [0.2, 0.25) is 0 Å². The van der Waals surface area contributed by atoms with E-state index in [0.29, 0.717) is 43.0 Å². The SMILES string of the molecule is Cn1nc(C(F)F)cc1Nc1nncn1[C@H]1CCc2sc(NC(=O)C3CC(F)(F)C3)c(C(=O)NC[C@H]3C[C@H]3F)c2C1. The third-order valence-electron chi connectivity index (χ3n) is 7.85. The Bertz CT molecular complexity index is 1480. The van der Waals surface area contributed by atoms with E-state index in [0.717, 1.165) is 4.88 Å². The highest BCUT2D eigenvalue weighted by atomic mass is 32.1. The number of fused-ring (bicyclic) bond motifs is 1. The Morgan fingerprint density at radius 3 is 2.68 bits per heavy atom. The first-order chi connectivity index (χ1) is 19.5. The Morgan fingerprint density at radius 2 is 2.02 bits per heavy atom. The standard InChI is InChI=1S/C25H27F5N8O2S/c1-37-18(6-16(36-37)20(27)28)33-24-35-32-10-38(24)13-2-3-17-14(5-13)19(22(40)31-9-11-4-15(11)26)23(41-17)34-21(39)12-7-25(29,30)8-12/h6,10-13,15,20H,2-5,7-9H2,1H3,(H,31,40)(H,33,35)(H,34,39)/t11-,13+,15-/m1/s1. The fraction of sp³-hybridized carbons (Fsp3) is 0.560. The lowest BCUT2D eigenvalue weighted by Gasteiger charge is -2.33. The molecule has 6 rings (SSSR count). The average molecular weight is 599 g/mol. The van der Waals surface area contributed by atoms with Gasteiger partial charge < -0.3 is 16.0 Å². The van der Waals surface area contributed by atoms with Crippen molar-refractivity contribution in [3.05, 3.63) is 34.1 Å². The summed E-state index contributed by atoms with van der Waals surface area (Å²) in [7, 11) is 1.52. The summed E-state index contributed by atoms with van der Waals surface area (Å²) in [5.41, 5.74) is 0.564. The van der Waals surface area contributed by atoms with E-state index in [9.17, 15) is 31.5 Å². The average Bonchev–Trinajstić information content (AvgIpc) is 3.23. The molecule has 0 unspecified atom stereocenters. The zero-order valence-corrected chi connectivity index (χ0v) is 22.7. The van der Waals surface area contributed by atoms with Gasteiger partial charge in [0.1, 0.15) is 29.0 Å². The smallest absolute Gasteiger partial charge is 0.282 e. The molecule has 3 atom stereocenters. The third kappa shape index (κ3) is 5.53. The molecule has 41 heavy (non-hydrogen) atoms. The van der Waals surface area contributed by atoms with Gasteiger partial charge in [-0.1, -0.05) is 0 Å². The Labute approximate surface area is 234 Å². The maximum Gasteiger partial charge on any atom is 0.282 e. The van der Waals surface area contributed by atoms with Crippen molar-refractivity contribution in [2.75, 3.05) is 17.2 Å². The number of hydrogen-bond donors (Lipinski definition) is 3. The van der Waals surface area contributed by atoms with E-state index < -0.39 is 49.1 Å². The van der Waals surface area contributed by atoms with Crippen LogP contribution in [-0.4, -0.2) is 55.0 Å². The second kappa shape index (κ2) is 10.4. The van der Waals surface area contributed by atoms with E-state index in [4.69, 9.17) is 0 Å². The molecule has 3 aliphatic carbocycles. The second-order valence-electron chi connectivity index (χ2n) is 10.8. The van der Waals surface area contributed by atoms with Gasteiger partial charge in [-0.25, -0.2) is 22.0 Å². The number of rotatable bonds is 9. The number of carbonyl (C=O) groups excluding carboxylic acids is 2. The second-order valence-corrected chi connectivity index (χ2v) is 11.9. The van der Waals surface area contributed by atoms with Gasteiger partial charge in [-0.3, -0.25) is 18.8 Å². The molecule has 0 bridgehead atoms. The summed E-state index contributed by atoms with van der Waals surface area (Å²) in [4.78, 5) is 27.0. The maximum absolute atomic E-state index is 13.4. The number of amides is 2. The van der Waals surface area contributed by atoms with E-state index >= 15 is 0 Å². The van der Waals surface area contributed by atoms with Crippen LogP contribution in [0.4, 0.5) is 38.7 Å². The van der Waals surface area contributed by atoms with Crippen LogP contribution in [0.15, 0.2) is 12.4 Å². The largest absolute Gasteiger partial charge is 0.352 e. The van der Waals surface area contributed by atoms with Crippen LogP contribution >= 0.6 is 11.3 Å². The van der Waals surface area contributed by atoms with Crippen molar-refractivity contribution in [1.82, 2.24) is 29.9 Å². The highest BCUT2D eigenvalue weighted by Crippen LogP contribution is 2.45. The summed E-state index contributed by atoms with van der Waals surface area (Å²) < 4.78 is 69.4. The number of halogens is 5. The Kier molecular flexibility index (Phi) is 6.98. The molecule has 16 heteroatoms. The molecule has 220 valence electrons. The molecule has 3 aromatic rings. The van der Waals surface area contributed by atoms with Crippen LogP contribution in [0.5, 0.6) is 0 Å². The lowest BCUT2D eigenvalue weighted by molar-refractivity contribution is -0.145. The zero-order chi connectivity index (χ0) is 29.1. The van der Waals surface area contributed by atoms with Gasteiger partial charge in [-0.2, -0.15) is 5.10 Å². The summed E-state index contributed by atoms with van der Waals surface area (Å²) in [6.45, 7) is 0.154. The van der Waals surface area contributed by atoms with Crippen LogP contribution < -0.4 is 16.0 Å². The van der Waals surface area contributed by atoms with E-state index in [1.165, 1.54) is 35.5 Å². The highest BCUT2D eigenvalue weighted by Gasteiger charge is 2.49. The summed E-state index contributed by atoms with van der Waals surface area (Å²) in [5.74, 6) is -4.39. The molecule has 2 saturated carbocycles. The minimum atomic E-state index is -2.86. The first-order valence-electron chi connectivity index (χ1n) is 13.2. The Morgan fingerprint density at radius 1 is 1.27 bits per heavy atom. The lowest BCUT2D eigenvalue weighted by atomic mass is 9.81. The number of nitrogens with zero attached hydrogens (tertiary/aromatic N) is 5. The number of anilines is 3. The Balaban J connectivity index is 1.24. The van der Waals surface area contributed by atoms with Crippen LogP contribution in [0.3, 0.4) is 0 Å². The molecule has 0 aromatic carbocycles. The topological polar surface area (TPSA) is 119 Å². The van der Waals surface area contributed by atoms with Crippen molar-refractivity contribution in [3.8, 4) is 0 Å². The van der Waals surface area contributed by atoms with Gasteiger partial charge in [-0.05, 0) is 31.2 Å². The first kappa shape index (κ1) is 27.6. The van der Waals surface area contributed by atoms with Crippen molar-refractivity contribution in [2.45, 2.75) is 63.1 Å². The van der Waals surface area contributed by atoms with Gasteiger partial charge in [0.05, 0.1) is 5.56 Å². The maximum atomic E-state index is 13.4. The molecule has 2 fully saturated rings. The van der Waals surface area contributed by atoms with E-state index in [-0.39, 0.29) is 34.8 Å². The molecule has 3 aliphatic rings. The molecule has 3 aromatic heterocycles. The number of thiophene rings is 1. The number of hydrogen-bond acceptors (Lipinski definition) is 7. The quantitative estimate of drug-likeness (QED) is 0.311. The number of nitrogens with one attached hydrogen (secondary N) is 3. The van der Waals surface area contributed by atoms with Crippen molar-refractivity contribution >= 4 is 39.9 Å². The van der Waals surface area contributed by atoms with Crippen molar-refractivity contribution < 1.29 is 31.5 Å². The number of aromatic nitrogens is 5. The molecular weight excluding hydrogens is 571 g/mol. The minimum absolute atomic E-state index is 0.154. The summed E-state index contributed by atoms with van der Waals surface area (Å²) in [6, 6.07) is 0.996. The molecule has 2 amide bonds. The first-order valence-corrected chi connectivity index (χ1v) is 14.0. The van der Waals surface area contributed by atoms with Gasteiger partial charge in [-0.15, -0.1) is 21.5 Å². The molecular formula is C25H27F5N8O2S. The molecule has 0 aliphatic heterocycles. The molecule has 0 saturated heterocycles. The summed E-state index contributed by atoms with van der Waals surface area (Å²) in [6.07, 6.45) is -1.34. The third-order valence-corrected chi connectivity index (χ3v) is 9.06. The van der Waals surface area contributed by atoms with Gasteiger partial charge in [0.15, 0.2) is 0 Å². The van der Waals surface area contributed by atoms with Crippen molar-refractivity contribution in [1.29, 1.82) is 0 Å². The molecule has 3 N–H and O–H groups in total. The van der Waals surface area contributed by atoms with Crippen LogP contribution in [0.1, 0.15) is 64.6 Å². The van der Waals surface area contributed by atoms with Gasteiger partial charge in [0.2, 0.25) is 17.8 Å². The van der Waals surface area contributed by atoms with Crippen LogP contribution in [0, 0.1) is 11.8 Å². The van der Waals surface area contributed by atoms with Gasteiger partial charge in [0, 0.05) is 55.3 Å². The Hall–Kier alpha value is -3.56. The van der Waals surface area contributed by atoms with E-state index in [2.05, 4.69) is 31.2 Å². The summed E-state index contributed by atoms with van der Waals surface area (Å²) in [5, 5.41) is 20.6. The molecule has 0 radical (unpaired) electrons. The van der Waals surface area contributed by atoms with E-state index in [1.54, 1.807) is 4.57 Å². The molecule has 10 nitrogen and oxygen atoms in total. The summed E-state index contributed by atoms with van der Waals surface area (Å²) >= 11 is 1.24. The number of aryl methyl sites for hydroxylation is 2. The zero-order valence-electron chi connectivity index (χ0n) is 21.8. The van der Waals surface area contributed by atoms with Gasteiger partial charge >= 0.3 is 0 Å². The van der Waals surface area contributed by atoms with Crippen LogP contribution in [-0.2, 0) is 24.7 Å². The fourth-order valence-electron chi connectivity index (χ4n) is 5.35. The predicted octanol–water partition coefficient (Wildman–Crippen LogP) is 4.56. The number of alkyl halides is 5. The monoisotopic (exact) mass is 598 g/mol. The van der Waals surface area contributed by atoms with Crippen molar-refractivity contribution in [2.24, 2.45) is 18.9 Å². The molecule has 3 heterocycles. The van der Waals surface area contributed by atoms with Crippen molar-refractivity contribution in [3.63, 3.8) is 0 Å². The lowest BCUT2D eigenvalue weighted by Crippen LogP contribution is -2.42. The van der Waals surface area contributed by atoms with Crippen LogP contribution in [0.25, 0.3) is 0 Å².